The molecule has 2 saturated heterocycles. The number of piperidine rings is 1. The third kappa shape index (κ3) is 5.30. The van der Waals surface area contributed by atoms with Crippen molar-refractivity contribution in [1.82, 2.24) is 31.2 Å². The normalized spacial score (nSPS) is 23.3. The largest absolute Gasteiger partial charge is 0.351 e. The zero-order chi connectivity index (χ0) is 19.2. The van der Waals surface area contributed by atoms with Crippen molar-refractivity contribution in [3.05, 3.63) is 18.2 Å². The van der Waals surface area contributed by atoms with Crippen LogP contribution in [0.3, 0.4) is 0 Å². The standard InChI is InChI=1S/C16H22N6O4S/c23-13-3-1-2-10(20-13)14(24)21-11(4-9-5-17-7-18-9)15(25)22-16(26)12-6-27-8-19-12/h5,7,10-12,19H,1-4,6,8H2,(H,17,18)(H,20,23)(H,21,24)(H,22,25,26)/t10?,11-,12?/m0/s1. The molecule has 4 amide bonds. The summed E-state index contributed by atoms with van der Waals surface area (Å²) < 4.78 is 0. The third-order valence-electron chi connectivity index (χ3n) is 4.43. The van der Waals surface area contributed by atoms with Crippen LogP contribution in [0.1, 0.15) is 25.0 Å². The minimum Gasteiger partial charge on any atom is -0.351 e. The Bertz CT molecular complexity index is 704. The lowest BCUT2D eigenvalue weighted by Crippen LogP contribution is -2.57. The van der Waals surface area contributed by atoms with Gasteiger partial charge in [-0.15, -0.1) is 11.8 Å². The molecule has 3 rings (SSSR count). The molecule has 5 N–H and O–H groups in total. The predicted molar refractivity (Wildman–Crippen MR) is 97.4 cm³/mol. The van der Waals surface area contributed by atoms with Gasteiger partial charge >= 0.3 is 0 Å². The van der Waals surface area contributed by atoms with Gasteiger partial charge in [0.15, 0.2) is 0 Å². The van der Waals surface area contributed by atoms with Gasteiger partial charge in [-0.25, -0.2) is 4.98 Å². The van der Waals surface area contributed by atoms with Crippen LogP contribution in [0.2, 0.25) is 0 Å². The molecule has 2 aliphatic heterocycles. The zero-order valence-corrected chi connectivity index (χ0v) is 15.4. The summed E-state index contributed by atoms with van der Waals surface area (Å²) in [7, 11) is 0. The van der Waals surface area contributed by atoms with Gasteiger partial charge in [0.05, 0.1) is 18.1 Å². The van der Waals surface area contributed by atoms with Crippen molar-refractivity contribution in [2.24, 2.45) is 0 Å². The van der Waals surface area contributed by atoms with Crippen LogP contribution < -0.4 is 21.3 Å². The number of imidazole rings is 1. The van der Waals surface area contributed by atoms with Gasteiger partial charge in [0, 0.05) is 30.7 Å². The molecule has 3 heterocycles. The number of aromatic nitrogens is 2. The lowest BCUT2D eigenvalue weighted by Gasteiger charge is -2.25. The fourth-order valence-electron chi connectivity index (χ4n) is 2.95. The fourth-order valence-corrected chi connectivity index (χ4v) is 3.90. The number of carbonyl (C=O) groups excluding carboxylic acids is 4. The molecule has 11 heteroatoms. The van der Waals surface area contributed by atoms with Gasteiger partial charge in [-0.2, -0.15) is 0 Å². The number of aromatic amines is 1. The summed E-state index contributed by atoms with van der Waals surface area (Å²) in [5.41, 5.74) is 0.574. The second-order valence-corrected chi connectivity index (χ2v) is 7.49. The van der Waals surface area contributed by atoms with Crippen LogP contribution in [0, 0.1) is 0 Å². The van der Waals surface area contributed by atoms with E-state index in [2.05, 4.69) is 31.2 Å². The lowest BCUT2D eigenvalue weighted by molar-refractivity contribution is -0.136. The smallest absolute Gasteiger partial charge is 0.249 e. The Morgan fingerprint density at radius 3 is 2.81 bits per heavy atom. The molecule has 2 aliphatic rings. The average molecular weight is 394 g/mol. The second kappa shape index (κ2) is 9.00. The van der Waals surface area contributed by atoms with E-state index in [0.29, 0.717) is 36.6 Å². The quantitative estimate of drug-likeness (QED) is 0.391. The van der Waals surface area contributed by atoms with Crippen LogP contribution in [0.4, 0.5) is 0 Å². The maximum Gasteiger partial charge on any atom is 0.249 e. The van der Waals surface area contributed by atoms with E-state index < -0.39 is 35.8 Å². The van der Waals surface area contributed by atoms with Crippen LogP contribution in [0.5, 0.6) is 0 Å². The summed E-state index contributed by atoms with van der Waals surface area (Å²) in [4.78, 5) is 55.7. The Kier molecular flexibility index (Phi) is 6.45. The number of H-pyrrole nitrogens is 1. The molecule has 146 valence electrons. The van der Waals surface area contributed by atoms with Gasteiger partial charge in [0.1, 0.15) is 12.1 Å². The van der Waals surface area contributed by atoms with Crippen molar-refractivity contribution in [3.8, 4) is 0 Å². The van der Waals surface area contributed by atoms with E-state index in [9.17, 15) is 19.2 Å². The van der Waals surface area contributed by atoms with Crippen LogP contribution in [0.25, 0.3) is 0 Å². The summed E-state index contributed by atoms with van der Waals surface area (Å²) in [6.07, 6.45) is 4.73. The van der Waals surface area contributed by atoms with Gasteiger partial charge < -0.3 is 15.6 Å². The minimum absolute atomic E-state index is 0.127. The molecular weight excluding hydrogens is 372 g/mol. The first kappa shape index (κ1) is 19.4. The molecule has 0 radical (unpaired) electrons. The van der Waals surface area contributed by atoms with E-state index >= 15 is 0 Å². The van der Waals surface area contributed by atoms with Crippen LogP contribution >= 0.6 is 11.8 Å². The predicted octanol–water partition coefficient (Wildman–Crippen LogP) is -1.59. The highest BCUT2D eigenvalue weighted by atomic mass is 32.2. The van der Waals surface area contributed by atoms with Crippen molar-refractivity contribution >= 4 is 35.4 Å². The topological polar surface area (TPSA) is 145 Å². The first-order valence-electron chi connectivity index (χ1n) is 8.76. The molecule has 0 saturated carbocycles. The van der Waals surface area contributed by atoms with Crippen molar-refractivity contribution in [1.29, 1.82) is 0 Å². The molecule has 3 atom stereocenters. The van der Waals surface area contributed by atoms with Crippen molar-refractivity contribution in [3.63, 3.8) is 0 Å². The van der Waals surface area contributed by atoms with E-state index in [1.54, 1.807) is 18.0 Å². The fraction of sp³-hybridized carbons (Fsp3) is 0.562. The molecule has 0 bridgehead atoms. The molecular formula is C16H22N6O4S. The number of amides is 4. The Morgan fingerprint density at radius 1 is 1.30 bits per heavy atom. The van der Waals surface area contributed by atoms with Gasteiger partial charge in [-0.1, -0.05) is 0 Å². The second-order valence-electron chi connectivity index (χ2n) is 6.46. The molecule has 0 aliphatic carbocycles. The van der Waals surface area contributed by atoms with Gasteiger partial charge in [0.25, 0.3) is 0 Å². The van der Waals surface area contributed by atoms with Gasteiger partial charge in [0.2, 0.25) is 23.6 Å². The number of nitrogens with one attached hydrogen (secondary N) is 5. The minimum atomic E-state index is -0.974. The number of nitrogens with zero attached hydrogens (tertiary/aromatic N) is 1. The highest BCUT2D eigenvalue weighted by Gasteiger charge is 2.31. The van der Waals surface area contributed by atoms with Crippen LogP contribution in [-0.2, 0) is 25.6 Å². The van der Waals surface area contributed by atoms with E-state index in [1.165, 1.54) is 6.33 Å². The third-order valence-corrected chi connectivity index (χ3v) is 5.37. The van der Waals surface area contributed by atoms with Crippen LogP contribution in [0.15, 0.2) is 12.5 Å². The molecule has 2 fully saturated rings. The van der Waals surface area contributed by atoms with Crippen molar-refractivity contribution in [2.75, 3.05) is 11.6 Å². The molecule has 2 unspecified atom stereocenters. The van der Waals surface area contributed by atoms with Crippen molar-refractivity contribution in [2.45, 2.75) is 43.8 Å². The average Bonchev–Trinajstić information content (AvgIpc) is 3.35. The first-order valence-corrected chi connectivity index (χ1v) is 9.91. The highest BCUT2D eigenvalue weighted by molar-refractivity contribution is 7.99. The lowest BCUT2D eigenvalue weighted by atomic mass is 10.0. The Balaban J connectivity index is 1.64. The Morgan fingerprint density at radius 2 is 2.15 bits per heavy atom. The number of hydrogen-bond acceptors (Lipinski definition) is 7. The van der Waals surface area contributed by atoms with Gasteiger partial charge in [-0.05, 0) is 12.8 Å². The molecule has 10 nitrogen and oxygen atoms in total. The van der Waals surface area contributed by atoms with Gasteiger partial charge in [-0.3, -0.25) is 29.8 Å². The Hall–Kier alpha value is -2.40. The summed E-state index contributed by atoms with van der Waals surface area (Å²) in [5.74, 6) is -0.408. The molecule has 1 aromatic rings. The van der Waals surface area contributed by atoms with E-state index in [1.807, 2.05) is 0 Å². The Labute approximate surface area is 160 Å². The molecule has 1 aromatic heterocycles. The first-order chi connectivity index (χ1) is 13.0. The number of carbonyl (C=O) groups is 4. The zero-order valence-electron chi connectivity index (χ0n) is 14.6. The summed E-state index contributed by atoms with van der Waals surface area (Å²) >= 11 is 1.57. The molecule has 0 spiro atoms. The SMILES string of the molecule is O=C1CCCC(C(=O)N[C@@H](Cc2c[nH]cn2)C(=O)NC(=O)C2CSCN2)N1. The number of hydrogen-bond donors (Lipinski definition) is 5. The number of imide groups is 1. The molecule has 0 aromatic carbocycles. The van der Waals surface area contributed by atoms with E-state index in [0.717, 1.165) is 0 Å². The molecule has 27 heavy (non-hydrogen) atoms. The number of rotatable bonds is 6. The summed E-state index contributed by atoms with van der Waals surface area (Å²) in [5, 5.41) is 10.6. The van der Waals surface area contributed by atoms with E-state index in [-0.39, 0.29) is 12.3 Å². The van der Waals surface area contributed by atoms with Crippen molar-refractivity contribution < 1.29 is 19.2 Å². The highest BCUT2D eigenvalue weighted by Crippen LogP contribution is 2.11. The summed E-state index contributed by atoms with van der Waals surface area (Å²) in [6.45, 7) is 0. The number of thioether (sulfide) groups is 1. The summed E-state index contributed by atoms with van der Waals surface area (Å²) in [6, 6.07) is -2.08. The monoisotopic (exact) mass is 394 g/mol. The van der Waals surface area contributed by atoms with Crippen LogP contribution in [-0.4, -0.2) is 63.4 Å². The van der Waals surface area contributed by atoms with E-state index in [4.69, 9.17) is 0 Å². The maximum absolute atomic E-state index is 12.6. The maximum atomic E-state index is 12.6.